The molecule has 4 aromatic rings. The van der Waals surface area contributed by atoms with E-state index in [1.807, 2.05) is 22.7 Å². The van der Waals surface area contributed by atoms with Gasteiger partial charge in [-0.25, -0.2) is 4.98 Å². The standard InChI is InChI=1S/C28H34N2S2/c1-19(2)13-24-11-10-21(18-29-24)15-22(17-25-8-6-12-31-25)16-23-7-5-9-26-28(23)30-27(32-26)14-20(3)4/h5-12,18-20,22H,13-17H2,1-4H3. The van der Waals surface area contributed by atoms with E-state index >= 15 is 0 Å². The molecule has 4 heteroatoms. The summed E-state index contributed by atoms with van der Waals surface area (Å²) in [6.45, 7) is 9.03. The topological polar surface area (TPSA) is 25.8 Å². The van der Waals surface area contributed by atoms with E-state index < -0.39 is 0 Å². The molecular formula is C28H34N2S2. The summed E-state index contributed by atoms with van der Waals surface area (Å²) in [7, 11) is 0. The van der Waals surface area contributed by atoms with Crippen molar-refractivity contribution in [1.29, 1.82) is 0 Å². The fourth-order valence-corrected chi connectivity index (χ4v) is 6.39. The summed E-state index contributed by atoms with van der Waals surface area (Å²) < 4.78 is 1.33. The van der Waals surface area contributed by atoms with Crippen molar-refractivity contribution in [2.45, 2.75) is 59.8 Å². The van der Waals surface area contributed by atoms with Crippen LogP contribution in [0.2, 0.25) is 0 Å². The Kier molecular flexibility index (Phi) is 7.75. The zero-order valence-electron chi connectivity index (χ0n) is 19.7. The first-order chi connectivity index (χ1) is 15.5. The molecule has 2 nitrogen and oxygen atoms in total. The highest BCUT2D eigenvalue weighted by molar-refractivity contribution is 7.18. The number of para-hydroxylation sites is 1. The lowest BCUT2D eigenvalue weighted by Crippen LogP contribution is -2.12. The van der Waals surface area contributed by atoms with E-state index in [2.05, 4.69) is 81.7 Å². The van der Waals surface area contributed by atoms with Gasteiger partial charge in [-0.1, -0.05) is 52.0 Å². The Morgan fingerprint density at radius 2 is 1.66 bits per heavy atom. The van der Waals surface area contributed by atoms with Crippen LogP contribution >= 0.6 is 22.7 Å². The number of nitrogens with zero attached hydrogens (tertiary/aromatic N) is 2. The maximum Gasteiger partial charge on any atom is 0.0941 e. The van der Waals surface area contributed by atoms with Gasteiger partial charge in [0.1, 0.15) is 0 Å². The van der Waals surface area contributed by atoms with Crippen LogP contribution in [0, 0.1) is 17.8 Å². The van der Waals surface area contributed by atoms with Crippen molar-refractivity contribution in [3.05, 3.63) is 80.7 Å². The third-order valence-corrected chi connectivity index (χ3v) is 7.68. The van der Waals surface area contributed by atoms with E-state index in [-0.39, 0.29) is 0 Å². The molecule has 0 aliphatic heterocycles. The normalized spacial score (nSPS) is 12.8. The number of aromatic nitrogens is 2. The van der Waals surface area contributed by atoms with Gasteiger partial charge in [0.25, 0.3) is 0 Å². The van der Waals surface area contributed by atoms with Crippen LogP contribution in [0.25, 0.3) is 10.2 Å². The summed E-state index contributed by atoms with van der Waals surface area (Å²) >= 11 is 3.73. The maximum absolute atomic E-state index is 5.06. The lowest BCUT2D eigenvalue weighted by Gasteiger charge is -2.17. The molecule has 3 aromatic heterocycles. The molecule has 1 unspecified atom stereocenters. The van der Waals surface area contributed by atoms with Crippen molar-refractivity contribution in [2.75, 3.05) is 0 Å². The Hall–Kier alpha value is -2.04. The van der Waals surface area contributed by atoms with Gasteiger partial charge in [-0.3, -0.25) is 4.98 Å². The minimum absolute atomic E-state index is 0.534. The molecule has 1 atom stereocenters. The van der Waals surface area contributed by atoms with E-state index in [9.17, 15) is 0 Å². The molecular weight excluding hydrogens is 428 g/mol. The monoisotopic (exact) mass is 462 g/mol. The molecule has 0 N–H and O–H groups in total. The van der Waals surface area contributed by atoms with Gasteiger partial charge in [-0.15, -0.1) is 22.7 Å². The van der Waals surface area contributed by atoms with Gasteiger partial charge >= 0.3 is 0 Å². The van der Waals surface area contributed by atoms with Gasteiger partial charge in [-0.2, -0.15) is 0 Å². The second-order valence-corrected chi connectivity index (χ2v) is 11.9. The molecule has 3 heterocycles. The molecule has 0 aliphatic rings. The van der Waals surface area contributed by atoms with Crippen molar-refractivity contribution in [3.8, 4) is 0 Å². The van der Waals surface area contributed by atoms with Crippen molar-refractivity contribution < 1.29 is 0 Å². The second kappa shape index (κ2) is 10.7. The number of thiazole rings is 1. The van der Waals surface area contributed by atoms with Crippen LogP contribution in [0.4, 0.5) is 0 Å². The Balaban J connectivity index is 1.56. The smallest absolute Gasteiger partial charge is 0.0941 e. The van der Waals surface area contributed by atoms with Crippen molar-refractivity contribution in [3.63, 3.8) is 0 Å². The number of thiophene rings is 1. The van der Waals surface area contributed by atoms with E-state index in [1.54, 1.807) is 0 Å². The van der Waals surface area contributed by atoms with Gasteiger partial charge < -0.3 is 0 Å². The van der Waals surface area contributed by atoms with Crippen molar-refractivity contribution >= 4 is 32.9 Å². The van der Waals surface area contributed by atoms with Gasteiger partial charge in [0.15, 0.2) is 0 Å². The third kappa shape index (κ3) is 6.26. The molecule has 1 aromatic carbocycles. The average molecular weight is 463 g/mol. The maximum atomic E-state index is 5.06. The predicted molar refractivity (Wildman–Crippen MR) is 140 cm³/mol. The Morgan fingerprint density at radius 1 is 0.812 bits per heavy atom. The predicted octanol–water partition coefficient (Wildman–Crippen LogP) is 7.79. The van der Waals surface area contributed by atoms with Crippen LogP contribution < -0.4 is 0 Å². The zero-order chi connectivity index (χ0) is 22.5. The van der Waals surface area contributed by atoms with Crippen LogP contribution in [0.3, 0.4) is 0 Å². The largest absolute Gasteiger partial charge is 0.261 e. The number of benzene rings is 1. The van der Waals surface area contributed by atoms with Gasteiger partial charge in [0, 0.05) is 23.2 Å². The zero-order valence-corrected chi connectivity index (χ0v) is 21.3. The minimum atomic E-state index is 0.534. The van der Waals surface area contributed by atoms with Crippen LogP contribution in [-0.2, 0) is 32.1 Å². The molecule has 0 bridgehead atoms. The third-order valence-electron chi connectivity index (χ3n) is 5.74. The molecule has 0 fully saturated rings. The molecule has 0 aliphatic carbocycles. The quantitative estimate of drug-likeness (QED) is 0.240. The summed E-state index contributed by atoms with van der Waals surface area (Å²) in [5.74, 6) is 1.81. The van der Waals surface area contributed by atoms with E-state index in [0.29, 0.717) is 17.8 Å². The highest BCUT2D eigenvalue weighted by atomic mass is 32.1. The summed E-state index contributed by atoms with van der Waals surface area (Å²) in [6.07, 6.45) is 7.41. The first-order valence-electron chi connectivity index (χ1n) is 11.8. The number of hydrogen-bond donors (Lipinski definition) is 0. The first kappa shape index (κ1) is 23.1. The molecule has 0 saturated carbocycles. The Morgan fingerprint density at radius 3 is 2.34 bits per heavy atom. The molecule has 32 heavy (non-hydrogen) atoms. The summed E-state index contributed by atoms with van der Waals surface area (Å²) in [4.78, 5) is 11.3. The fraction of sp³-hybridized carbons (Fsp3) is 0.429. The van der Waals surface area contributed by atoms with Crippen LogP contribution in [0.5, 0.6) is 0 Å². The first-order valence-corrected chi connectivity index (χ1v) is 13.5. The van der Waals surface area contributed by atoms with Crippen molar-refractivity contribution in [1.82, 2.24) is 9.97 Å². The highest BCUT2D eigenvalue weighted by Crippen LogP contribution is 2.30. The lowest BCUT2D eigenvalue weighted by molar-refractivity contribution is 0.522. The van der Waals surface area contributed by atoms with Crippen molar-refractivity contribution in [2.24, 2.45) is 17.8 Å². The van der Waals surface area contributed by atoms with E-state index in [1.165, 1.54) is 36.9 Å². The highest BCUT2D eigenvalue weighted by Gasteiger charge is 2.17. The summed E-state index contributed by atoms with van der Waals surface area (Å²) in [5, 5.41) is 3.45. The number of rotatable bonds is 10. The molecule has 0 spiro atoms. The van der Waals surface area contributed by atoms with Crippen LogP contribution in [-0.4, -0.2) is 9.97 Å². The SMILES string of the molecule is CC(C)Cc1ccc(CC(Cc2cccs2)Cc2cccc3sc(CC(C)C)nc23)cn1. The van der Waals surface area contributed by atoms with Gasteiger partial charge in [-0.05, 0) is 78.1 Å². The minimum Gasteiger partial charge on any atom is -0.261 e. The van der Waals surface area contributed by atoms with Gasteiger partial charge in [0.05, 0.1) is 15.2 Å². The van der Waals surface area contributed by atoms with Crippen LogP contribution in [0.15, 0.2) is 54.0 Å². The van der Waals surface area contributed by atoms with Gasteiger partial charge in [0.2, 0.25) is 0 Å². The Labute approximate surface area is 200 Å². The molecule has 168 valence electrons. The fourth-order valence-electron chi connectivity index (χ4n) is 4.34. The number of pyridine rings is 1. The van der Waals surface area contributed by atoms with Crippen LogP contribution in [0.1, 0.15) is 54.4 Å². The molecule has 0 amide bonds. The Bertz CT molecular complexity index is 1110. The molecule has 4 rings (SSSR count). The molecule has 0 radical (unpaired) electrons. The van der Waals surface area contributed by atoms with E-state index in [0.717, 1.165) is 32.1 Å². The van der Waals surface area contributed by atoms with E-state index in [4.69, 9.17) is 9.97 Å². The lowest BCUT2D eigenvalue weighted by atomic mass is 9.89. The summed E-state index contributed by atoms with van der Waals surface area (Å²) in [6, 6.07) is 15.7. The molecule has 0 saturated heterocycles. The second-order valence-electron chi connectivity index (χ2n) is 9.78. The summed E-state index contributed by atoms with van der Waals surface area (Å²) in [5.41, 5.74) is 5.14. The number of fused-ring (bicyclic) bond motifs is 1. The average Bonchev–Trinajstić information content (AvgIpc) is 3.38. The number of hydrogen-bond acceptors (Lipinski definition) is 4.